The number of nitrogens with zero attached hydrogens (tertiary/aromatic N) is 3. The Balaban J connectivity index is 1.95. The van der Waals surface area contributed by atoms with Crippen LogP contribution < -0.4 is 10.9 Å². The third-order valence-corrected chi connectivity index (χ3v) is 6.19. The van der Waals surface area contributed by atoms with Crippen LogP contribution in [-0.2, 0) is 7.05 Å². The number of aromatic nitrogens is 2. The molecule has 176 valence electrons. The molecule has 33 heavy (non-hydrogen) atoms. The smallest absolute Gasteiger partial charge is 0.315 e. The van der Waals surface area contributed by atoms with Crippen molar-refractivity contribution in [2.45, 2.75) is 53.0 Å². The highest BCUT2D eigenvalue weighted by Crippen LogP contribution is 2.24. The maximum atomic E-state index is 13.4. The summed E-state index contributed by atoms with van der Waals surface area (Å²) in [4.78, 5) is 32.8. The van der Waals surface area contributed by atoms with Gasteiger partial charge in [0.1, 0.15) is 5.82 Å². The number of urea groups is 1. The van der Waals surface area contributed by atoms with E-state index in [4.69, 9.17) is 16.6 Å². The summed E-state index contributed by atoms with van der Waals surface area (Å²) < 4.78 is 1.52. The van der Waals surface area contributed by atoms with Gasteiger partial charge in [-0.2, -0.15) is 0 Å². The molecule has 0 aliphatic carbocycles. The molecule has 6 nitrogen and oxygen atoms in total. The highest BCUT2D eigenvalue weighted by atomic mass is 35.5. The highest BCUT2D eigenvalue weighted by Gasteiger charge is 2.26. The molecule has 0 saturated heterocycles. The van der Waals surface area contributed by atoms with E-state index in [0.717, 1.165) is 12.1 Å². The van der Waals surface area contributed by atoms with E-state index < -0.39 is 6.04 Å². The van der Waals surface area contributed by atoms with Crippen LogP contribution in [0.3, 0.4) is 0 Å². The van der Waals surface area contributed by atoms with Crippen molar-refractivity contribution >= 4 is 34.2 Å². The van der Waals surface area contributed by atoms with Crippen LogP contribution in [0.1, 0.15) is 64.4 Å². The average molecular weight is 469 g/mol. The van der Waals surface area contributed by atoms with Crippen LogP contribution in [-0.4, -0.2) is 27.0 Å². The number of anilines is 1. The first kappa shape index (κ1) is 24.8. The Labute approximate surface area is 200 Å². The molecule has 7 heteroatoms. The molecule has 3 rings (SSSR count). The Hall–Kier alpha value is -2.86. The Morgan fingerprint density at radius 3 is 2.36 bits per heavy atom. The number of nitrogens with one attached hydrogen (secondary N) is 1. The lowest BCUT2D eigenvalue weighted by atomic mass is 10.0. The summed E-state index contributed by atoms with van der Waals surface area (Å²) in [6, 6.07) is 12.3. The minimum absolute atomic E-state index is 0.160. The van der Waals surface area contributed by atoms with Crippen molar-refractivity contribution in [3.05, 3.63) is 69.2 Å². The molecule has 0 bridgehead atoms. The van der Waals surface area contributed by atoms with Crippen LogP contribution in [0, 0.1) is 5.92 Å². The highest BCUT2D eigenvalue weighted by molar-refractivity contribution is 6.31. The fraction of sp³-hybridized carbons (Fsp3) is 0.423. The molecule has 1 N–H and O–H groups in total. The molecule has 2 amide bonds. The Kier molecular flexibility index (Phi) is 7.80. The molecular formula is C26H33ClN4O2. The largest absolute Gasteiger partial charge is 0.322 e. The number of fused-ring (bicyclic) bond motifs is 1. The summed E-state index contributed by atoms with van der Waals surface area (Å²) in [5.41, 5.74) is 2.32. The van der Waals surface area contributed by atoms with Crippen LogP contribution in [0.25, 0.3) is 10.9 Å². The third kappa shape index (κ3) is 5.74. The number of hydrogen-bond donors (Lipinski definition) is 1. The van der Waals surface area contributed by atoms with Gasteiger partial charge < -0.3 is 10.2 Å². The summed E-state index contributed by atoms with van der Waals surface area (Å²) in [6.07, 6.45) is 0.831. The zero-order valence-corrected chi connectivity index (χ0v) is 21.0. The summed E-state index contributed by atoms with van der Waals surface area (Å²) in [5, 5.41) is 4.03. The van der Waals surface area contributed by atoms with Crippen LogP contribution in [0.4, 0.5) is 10.5 Å². The molecule has 1 aromatic heterocycles. The quantitative estimate of drug-likeness (QED) is 0.439. The maximum absolute atomic E-state index is 13.4. The molecule has 0 spiro atoms. The van der Waals surface area contributed by atoms with Crippen LogP contribution in [0.15, 0.2) is 47.3 Å². The Morgan fingerprint density at radius 2 is 1.76 bits per heavy atom. The van der Waals surface area contributed by atoms with Crippen LogP contribution in [0.2, 0.25) is 5.02 Å². The monoisotopic (exact) mass is 468 g/mol. The van der Waals surface area contributed by atoms with Gasteiger partial charge in [0.05, 0.1) is 16.9 Å². The van der Waals surface area contributed by atoms with Crippen LogP contribution >= 0.6 is 11.6 Å². The maximum Gasteiger partial charge on any atom is 0.322 e. The number of benzene rings is 2. The predicted molar refractivity (Wildman–Crippen MR) is 136 cm³/mol. The number of amides is 2. The Morgan fingerprint density at radius 1 is 1.09 bits per heavy atom. The van der Waals surface area contributed by atoms with Crippen molar-refractivity contribution < 1.29 is 4.79 Å². The summed E-state index contributed by atoms with van der Waals surface area (Å²) >= 11 is 6.14. The minimum atomic E-state index is -0.417. The van der Waals surface area contributed by atoms with Crippen molar-refractivity contribution in [1.82, 2.24) is 14.5 Å². The second-order valence-electron chi connectivity index (χ2n) is 9.25. The van der Waals surface area contributed by atoms with E-state index in [0.29, 0.717) is 40.1 Å². The first-order chi connectivity index (χ1) is 15.6. The molecule has 0 radical (unpaired) electrons. The van der Waals surface area contributed by atoms with Gasteiger partial charge in [-0.3, -0.25) is 9.36 Å². The number of hydrogen-bond acceptors (Lipinski definition) is 3. The zero-order valence-electron chi connectivity index (χ0n) is 20.2. The van der Waals surface area contributed by atoms with Gasteiger partial charge in [0.15, 0.2) is 0 Å². The molecular weight excluding hydrogens is 436 g/mol. The minimum Gasteiger partial charge on any atom is -0.315 e. The van der Waals surface area contributed by atoms with Gasteiger partial charge in [-0.15, -0.1) is 0 Å². The van der Waals surface area contributed by atoms with Gasteiger partial charge in [0.25, 0.3) is 5.56 Å². The van der Waals surface area contributed by atoms with E-state index >= 15 is 0 Å². The predicted octanol–water partition coefficient (Wildman–Crippen LogP) is 6.35. The lowest BCUT2D eigenvalue weighted by Crippen LogP contribution is -2.40. The molecule has 0 saturated carbocycles. The molecule has 2 aromatic carbocycles. The molecule has 1 unspecified atom stereocenters. The zero-order chi connectivity index (χ0) is 24.3. The fourth-order valence-electron chi connectivity index (χ4n) is 3.79. The number of rotatable bonds is 7. The van der Waals surface area contributed by atoms with Crippen molar-refractivity contribution in [2.75, 3.05) is 11.9 Å². The average Bonchev–Trinajstić information content (AvgIpc) is 2.76. The first-order valence-corrected chi connectivity index (χ1v) is 11.8. The third-order valence-electron chi connectivity index (χ3n) is 5.95. The Bertz CT molecular complexity index is 1190. The van der Waals surface area contributed by atoms with Gasteiger partial charge >= 0.3 is 6.03 Å². The first-order valence-electron chi connectivity index (χ1n) is 11.4. The van der Waals surface area contributed by atoms with Crippen molar-refractivity contribution in [2.24, 2.45) is 13.0 Å². The lowest BCUT2D eigenvalue weighted by molar-refractivity contribution is 0.184. The van der Waals surface area contributed by atoms with E-state index in [1.165, 1.54) is 10.1 Å². The fourth-order valence-corrected chi connectivity index (χ4v) is 3.96. The van der Waals surface area contributed by atoms with Gasteiger partial charge in [0.2, 0.25) is 0 Å². The second kappa shape index (κ2) is 10.4. The van der Waals surface area contributed by atoms with E-state index in [9.17, 15) is 9.59 Å². The van der Waals surface area contributed by atoms with Crippen molar-refractivity contribution in [1.29, 1.82) is 0 Å². The van der Waals surface area contributed by atoms with Crippen molar-refractivity contribution in [3.63, 3.8) is 0 Å². The van der Waals surface area contributed by atoms with Gasteiger partial charge in [-0.25, -0.2) is 9.78 Å². The topological polar surface area (TPSA) is 67.2 Å². The standard InChI is InChI=1S/C26H33ClN4O2/c1-16(2)13-14-31(26(33)28-21-10-7-19(8-11-21)17(3)4)18(5)24-29-23-15-20(27)9-12-22(23)25(32)30(24)6/h7-12,15-18H,13-14H2,1-6H3,(H,28,33). The molecule has 1 heterocycles. The summed E-state index contributed by atoms with van der Waals surface area (Å²) in [5.74, 6) is 1.36. The van der Waals surface area contributed by atoms with Gasteiger partial charge in [-0.1, -0.05) is 51.4 Å². The van der Waals surface area contributed by atoms with Crippen LogP contribution in [0.5, 0.6) is 0 Å². The van der Waals surface area contributed by atoms with Crippen molar-refractivity contribution in [3.8, 4) is 0 Å². The normalized spacial score (nSPS) is 12.4. The SMILES string of the molecule is CC(C)CCN(C(=O)Nc1ccc(C(C)C)cc1)C(C)c1nc2cc(Cl)ccc2c(=O)n1C. The second-order valence-corrected chi connectivity index (χ2v) is 9.69. The number of carbonyl (C=O) groups is 1. The number of halogens is 1. The van der Waals surface area contributed by atoms with E-state index in [1.807, 2.05) is 31.2 Å². The van der Waals surface area contributed by atoms with E-state index in [-0.39, 0.29) is 11.6 Å². The molecule has 1 atom stereocenters. The lowest BCUT2D eigenvalue weighted by Gasteiger charge is -2.30. The molecule has 3 aromatic rings. The summed E-state index contributed by atoms with van der Waals surface area (Å²) in [6.45, 7) is 11.0. The van der Waals surface area contributed by atoms with E-state index in [2.05, 4.69) is 33.0 Å². The van der Waals surface area contributed by atoms with Gasteiger partial charge in [-0.05, 0) is 61.1 Å². The molecule has 0 aliphatic rings. The van der Waals surface area contributed by atoms with Gasteiger partial charge in [0, 0.05) is 24.3 Å². The summed E-state index contributed by atoms with van der Waals surface area (Å²) in [7, 11) is 1.69. The number of carbonyl (C=O) groups excluding carboxylic acids is 1. The molecule has 0 aliphatic heterocycles. The van der Waals surface area contributed by atoms with E-state index in [1.54, 1.807) is 30.1 Å². The molecule has 0 fully saturated rings.